The highest BCUT2D eigenvalue weighted by molar-refractivity contribution is 5.85. The van der Waals surface area contributed by atoms with Gasteiger partial charge in [-0.05, 0) is 37.1 Å². The SMILES string of the molecule is COC(=O)[C@@H](c1cccc(O)c1)[C@@H]1CCCCN1.Cl. The molecule has 0 spiro atoms. The molecule has 1 aromatic rings. The fourth-order valence-corrected chi connectivity index (χ4v) is 2.54. The second-order valence-electron chi connectivity index (χ2n) is 4.65. The number of rotatable bonds is 3. The van der Waals surface area contributed by atoms with E-state index in [4.69, 9.17) is 4.74 Å². The highest BCUT2D eigenvalue weighted by atomic mass is 35.5. The molecule has 0 saturated carbocycles. The molecule has 2 atom stereocenters. The number of benzene rings is 1. The summed E-state index contributed by atoms with van der Waals surface area (Å²) in [6, 6.07) is 6.94. The topological polar surface area (TPSA) is 58.6 Å². The zero-order valence-electron chi connectivity index (χ0n) is 11.0. The van der Waals surface area contributed by atoms with E-state index in [9.17, 15) is 9.90 Å². The monoisotopic (exact) mass is 285 g/mol. The lowest BCUT2D eigenvalue weighted by atomic mass is 9.86. The maximum Gasteiger partial charge on any atom is 0.314 e. The molecular formula is C14H20ClNO3. The molecule has 1 aliphatic heterocycles. The van der Waals surface area contributed by atoms with E-state index < -0.39 is 0 Å². The van der Waals surface area contributed by atoms with Gasteiger partial charge in [0.1, 0.15) is 5.75 Å². The summed E-state index contributed by atoms with van der Waals surface area (Å²) in [4.78, 5) is 12.0. The lowest BCUT2D eigenvalue weighted by Gasteiger charge is -2.30. The van der Waals surface area contributed by atoms with Crippen LogP contribution < -0.4 is 5.32 Å². The van der Waals surface area contributed by atoms with Crippen LogP contribution in [0.1, 0.15) is 30.7 Å². The second-order valence-corrected chi connectivity index (χ2v) is 4.65. The van der Waals surface area contributed by atoms with Crippen LogP contribution in [0.25, 0.3) is 0 Å². The van der Waals surface area contributed by atoms with Gasteiger partial charge in [0, 0.05) is 6.04 Å². The third kappa shape index (κ3) is 3.85. The van der Waals surface area contributed by atoms with Crippen LogP contribution in [0.2, 0.25) is 0 Å². The van der Waals surface area contributed by atoms with Crippen molar-refractivity contribution in [1.82, 2.24) is 5.32 Å². The molecule has 2 N–H and O–H groups in total. The number of piperidine rings is 1. The van der Waals surface area contributed by atoms with Gasteiger partial charge in [0.2, 0.25) is 0 Å². The van der Waals surface area contributed by atoms with Crippen molar-refractivity contribution in [2.24, 2.45) is 0 Å². The van der Waals surface area contributed by atoms with E-state index in [1.165, 1.54) is 7.11 Å². The van der Waals surface area contributed by atoms with Gasteiger partial charge in [-0.3, -0.25) is 4.79 Å². The molecule has 0 amide bonds. The number of hydrogen-bond acceptors (Lipinski definition) is 4. The number of ether oxygens (including phenoxy) is 1. The Hall–Kier alpha value is -1.26. The Morgan fingerprint density at radius 1 is 1.47 bits per heavy atom. The molecular weight excluding hydrogens is 266 g/mol. The molecule has 5 heteroatoms. The molecule has 19 heavy (non-hydrogen) atoms. The smallest absolute Gasteiger partial charge is 0.314 e. The van der Waals surface area contributed by atoms with Gasteiger partial charge in [-0.15, -0.1) is 12.4 Å². The summed E-state index contributed by atoms with van der Waals surface area (Å²) in [6.07, 6.45) is 3.21. The maximum absolute atomic E-state index is 12.0. The lowest BCUT2D eigenvalue weighted by molar-refractivity contribution is -0.143. The van der Waals surface area contributed by atoms with Crippen LogP contribution in [0.4, 0.5) is 0 Å². The number of carbonyl (C=O) groups is 1. The first kappa shape index (κ1) is 15.8. The first-order chi connectivity index (χ1) is 8.72. The largest absolute Gasteiger partial charge is 0.508 e. The third-order valence-electron chi connectivity index (χ3n) is 3.44. The second kappa shape index (κ2) is 7.36. The molecule has 0 unspecified atom stereocenters. The summed E-state index contributed by atoms with van der Waals surface area (Å²) in [6.45, 7) is 0.928. The molecule has 1 fully saturated rings. The standard InChI is InChI=1S/C14H19NO3.ClH/c1-18-14(17)13(12-7-2-3-8-15-12)10-5-4-6-11(16)9-10;/h4-6,9,12-13,15-16H,2-3,7-8H2,1H3;1H/t12-,13-;/m0./s1. The molecule has 1 aliphatic rings. The van der Waals surface area contributed by atoms with Crippen molar-refractivity contribution in [1.29, 1.82) is 0 Å². The van der Waals surface area contributed by atoms with Crippen LogP contribution in [0.5, 0.6) is 5.75 Å². The van der Waals surface area contributed by atoms with E-state index >= 15 is 0 Å². The Kier molecular flexibility index (Phi) is 6.12. The molecule has 106 valence electrons. The van der Waals surface area contributed by atoms with Crippen molar-refractivity contribution in [3.63, 3.8) is 0 Å². The van der Waals surface area contributed by atoms with Gasteiger partial charge in [0.05, 0.1) is 13.0 Å². The molecule has 0 bridgehead atoms. The molecule has 2 rings (SSSR count). The highest BCUT2D eigenvalue weighted by Gasteiger charge is 2.31. The third-order valence-corrected chi connectivity index (χ3v) is 3.44. The number of carbonyl (C=O) groups excluding carboxylic acids is 1. The van der Waals surface area contributed by atoms with E-state index in [1.54, 1.807) is 18.2 Å². The van der Waals surface area contributed by atoms with Crippen LogP contribution in [0.3, 0.4) is 0 Å². The molecule has 1 saturated heterocycles. The Labute approximate surface area is 119 Å². The van der Waals surface area contributed by atoms with Crippen LogP contribution in [0.15, 0.2) is 24.3 Å². The first-order valence-electron chi connectivity index (χ1n) is 6.32. The maximum atomic E-state index is 12.0. The molecule has 0 aromatic heterocycles. The van der Waals surface area contributed by atoms with Gasteiger partial charge in [-0.2, -0.15) is 0 Å². The summed E-state index contributed by atoms with van der Waals surface area (Å²) in [5.74, 6) is -0.417. The zero-order valence-corrected chi connectivity index (χ0v) is 11.8. The molecule has 1 heterocycles. The number of phenolic OH excluding ortho intramolecular Hbond substituents is 1. The summed E-state index contributed by atoms with van der Waals surface area (Å²) < 4.78 is 4.90. The molecule has 4 nitrogen and oxygen atoms in total. The van der Waals surface area contributed by atoms with Crippen molar-refractivity contribution in [3.05, 3.63) is 29.8 Å². The number of methoxy groups -OCH3 is 1. The Balaban J connectivity index is 0.00000180. The van der Waals surface area contributed by atoms with Crippen molar-refractivity contribution in [2.75, 3.05) is 13.7 Å². The van der Waals surface area contributed by atoms with E-state index in [0.29, 0.717) is 0 Å². The van der Waals surface area contributed by atoms with Gasteiger partial charge >= 0.3 is 5.97 Å². The Bertz CT molecular complexity index is 419. The summed E-state index contributed by atoms with van der Waals surface area (Å²) in [7, 11) is 1.40. The minimum absolute atomic E-state index is 0. The molecule has 1 aromatic carbocycles. The number of hydrogen-bond donors (Lipinski definition) is 2. The normalized spacial score (nSPS) is 20.2. The quantitative estimate of drug-likeness (QED) is 0.836. The van der Waals surface area contributed by atoms with Gasteiger partial charge in [0.15, 0.2) is 0 Å². The van der Waals surface area contributed by atoms with Crippen molar-refractivity contribution in [2.45, 2.75) is 31.2 Å². The number of phenols is 1. The highest BCUT2D eigenvalue weighted by Crippen LogP contribution is 2.28. The fraction of sp³-hybridized carbons (Fsp3) is 0.500. The van der Waals surface area contributed by atoms with Crippen LogP contribution in [-0.2, 0) is 9.53 Å². The minimum Gasteiger partial charge on any atom is -0.508 e. The van der Waals surface area contributed by atoms with E-state index in [1.807, 2.05) is 6.07 Å². The van der Waals surface area contributed by atoms with Gasteiger partial charge in [-0.25, -0.2) is 0 Å². The average molecular weight is 286 g/mol. The summed E-state index contributed by atoms with van der Waals surface area (Å²) >= 11 is 0. The predicted molar refractivity (Wildman–Crippen MR) is 75.8 cm³/mol. The van der Waals surface area contributed by atoms with E-state index in [0.717, 1.165) is 31.4 Å². The lowest BCUT2D eigenvalue weighted by Crippen LogP contribution is -2.42. The molecule has 0 aliphatic carbocycles. The van der Waals surface area contributed by atoms with E-state index in [-0.39, 0.29) is 36.1 Å². The first-order valence-corrected chi connectivity index (χ1v) is 6.32. The predicted octanol–water partition coefficient (Wildman–Crippen LogP) is 2.21. The van der Waals surface area contributed by atoms with Crippen LogP contribution in [0, 0.1) is 0 Å². The minimum atomic E-state index is -0.345. The number of aromatic hydroxyl groups is 1. The number of nitrogens with one attached hydrogen (secondary N) is 1. The van der Waals surface area contributed by atoms with Crippen molar-refractivity contribution < 1.29 is 14.6 Å². The van der Waals surface area contributed by atoms with Gasteiger partial charge in [-0.1, -0.05) is 18.6 Å². The Morgan fingerprint density at radius 2 is 2.26 bits per heavy atom. The van der Waals surface area contributed by atoms with Gasteiger partial charge in [0.25, 0.3) is 0 Å². The average Bonchev–Trinajstić information content (AvgIpc) is 2.40. The van der Waals surface area contributed by atoms with Crippen molar-refractivity contribution >= 4 is 18.4 Å². The van der Waals surface area contributed by atoms with Crippen LogP contribution in [-0.4, -0.2) is 30.8 Å². The van der Waals surface area contributed by atoms with E-state index in [2.05, 4.69) is 5.32 Å². The zero-order chi connectivity index (χ0) is 13.0. The number of halogens is 1. The number of esters is 1. The fourth-order valence-electron chi connectivity index (χ4n) is 2.54. The van der Waals surface area contributed by atoms with Crippen molar-refractivity contribution in [3.8, 4) is 5.75 Å². The summed E-state index contributed by atoms with van der Waals surface area (Å²) in [5.41, 5.74) is 0.807. The van der Waals surface area contributed by atoms with Gasteiger partial charge < -0.3 is 15.2 Å². The van der Waals surface area contributed by atoms with Crippen LogP contribution >= 0.6 is 12.4 Å². The summed E-state index contributed by atoms with van der Waals surface area (Å²) in [5, 5.41) is 12.9. The molecule has 0 radical (unpaired) electrons. The Morgan fingerprint density at radius 3 is 2.84 bits per heavy atom.